The van der Waals surface area contributed by atoms with Crippen LogP contribution in [0.4, 0.5) is 61.0 Å². The van der Waals surface area contributed by atoms with Crippen molar-refractivity contribution in [1.82, 2.24) is 54.5 Å². The van der Waals surface area contributed by atoms with Gasteiger partial charge in [-0.3, -0.25) is 29.2 Å². The number of halogens is 8. The average molecular weight is 1650 g/mol. The maximum Gasteiger partial charge on any atom is 0.417 e. The van der Waals surface area contributed by atoms with E-state index in [0.717, 1.165) is 96.4 Å². The van der Waals surface area contributed by atoms with Crippen LogP contribution in [0.1, 0.15) is 109 Å². The number of ether oxygens (including phenoxy) is 2. The van der Waals surface area contributed by atoms with Gasteiger partial charge in [0.2, 0.25) is 0 Å². The Morgan fingerprint density at radius 3 is 1.50 bits per heavy atom. The molecule has 2 fully saturated rings. The highest BCUT2D eigenvalue weighted by Gasteiger charge is 2.36. The van der Waals surface area contributed by atoms with Crippen molar-refractivity contribution in [3.8, 4) is 53.4 Å². The summed E-state index contributed by atoms with van der Waals surface area (Å²) in [7, 11) is 7.01. The van der Waals surface area contributed by atoms with Gasteiger partial charge < -0.3 is 52.4 Å². The van der Waals surface area contributed by atoms with Crippen LogP contribution >= 0.6 is 23.2 Å². The molecule has 0 bridgehead atoms. The number of hydrogen-bond donors (Lipinski definition) is 6. The molecule has 119 heavy (non-hydrogen) atoms. The van der Waals surface area contributed by atoms with Crippen LogP contribution in [0.3, 0.4) is 0 Å². The Balaban J connectivity index is 0.000000165. The van der Waals surface area contributed by atoms with E-state index in [-0.39, 0.29) is 64.0 Å². The number of nitrogens with one attached hydrogen (secondary N) is 3. The van der Waals surface area contributed by atoms with Gasteiger partial charge in [-0.05, 0) is 154 Å². The molecule has 2 saturated heterocycles. The summed E-state index contributed by atoms with van der Waals surface area (Å²) in [6, 6.07) is 34.7. The predicted octanol–water partition coefficient (Wildman–Crippen LogP) is 14.6. The number of carbonyl (C=O) groups is 3. The number of aryl methyl sites for hydroxylation is 3. The molecule has 0 radical (unpaired) electrons. The summed E-state index contributed by atoms with van der Waals surface area (Å²) in [5.74, 6) is 18.2. The third-order valence-corrected chi connectivity index (χ3v) is 20.0. The summed E-state index contributed by atoms with van der Waals surface area (Å²) in [4.78, 5) is 77.7. The highest BCUT2D eigenvalue weighted by molar-refractivity contribution is 6.32. The number of carbonyl (C=O) groups excluding carboxylic acids is 3. The summed E-state index contributed by atoms with van der Waals surface area (Å²) in [6.07, 6.45) is -1.30. The molecule has 23 nitrogen and oxygen atoms in total. The summed E-state index contributed by atoms with van der Waals surface area (Å²) >= 11 is 12.3. The zero-order valence-corrected chi connectivity index (χ0v) is 66.8. The molecule has 14 rings (SSSR count). The van der Waals surface area contributed by atoms with Gasteiger partial charge in [0.05, 0.1) is 59.9 Å². The quantitative estimate of drug-likeness (QED) is 0.0489. The second-order valence-electron chi connectivity index (χ2n) is 28.0. The van der Waals surface area contributed by atoms with Crippen molar-refractivity contribution in [3.63, 3.8) is 0 Å². The zero-order valence-electron chi connectivity index (χ0n) is 65.2. The molecule has 8 heterocycles. The summed E-state index contributed by atoms with van der Waals surface area (Å²) in [5.41, 5.74) is 23.9. The van der Waals surface area contributed by atoms with Crippen LogP contribution in [0.15, 0.2) is 158 Å². The minimum Gasteiger partial charge on any atom is -0.477 e. The van der Waals surface area contributed by atoms with E-state index in [4.69, 9.17) is 55.1 Å². The summed E-state index contributed by atoms with van der Waals surface area (Å²) < 4.78 is 92.3. The number of nitriles is 1. The standard InChI is InChI=1S/C32H32F3N7O3.C30H29ClN6O.C26H15ClF3N5O/c1-19-5-6-21(15-20(19)8-10-24-27-26(17-37-28(24)36)39-30(44-3)31(40-27)45-4)29(43)38-23-9-7-22(25(16-23)32(33,34)35)18-42-13-11-41(2)12-14-42;1-20-3-5-23(15-22(20)7-9-26-27-16-25(31)8-6-24(27)18-34-29(26)32)30(38)35-28-10-4-21(17-33-28)19-37-13-11-36(2)12-14-37;1-14-12-33-23(25(36)35-19-6-3-16(11-31)22(10-19)26(28,29)30)8-15(14)4-7-20-21-9-18(27)5-2-17(21)13-34-24(20)32/h5-7,9,15-17H,11-14,18H2,1-4H3,(H2,36,37)(H,38,43);3-6,8,10,15-18H,11-14,19H2,1-2H3,(H2,32,34)(H,33,35,38);2-3,5-6,8-10,12-13H,1H3,(H2,32,34)(H,35,36). The van der Waals surface area contributed by atoms with E-state index in [2.05, 4.69) is 108 Å². The molecule has 3 amide bonds. The third kappa shape index (κ3) is 21.2. The first kappa shape index (κ1) is 84.9. The van der Waals surface area contributed by atoms with Crippen LogP contribution in [0.2, 0.25) is 10.0 Å². The van der Waals surface area contributed by atoms with Gasteiger partial charge in [0.15, 0.2) is 0 Å². The lowest BCUT2D eigenvalue weighted by Gasteiger charge is -2.33. The summed E-state index contributed by atoms with van der Waals surface area (Å²) in [6.45, 7) is 13.8. The van der Waals surface area contributed by atoms with Gasteiger partial charge in [0.1, 0.15) is 40.0 Å². The maximum atomic E-state index is 14.0. The third-order valence-electron chi connectivity index (χ3n) is 19.6. The molecule has 2 aliphatic heterocycles. The molecule has 6 aromatic carbocycles. The van der Waals surface area contributed by atoms with Gasteiger partial charge in [0.25, 0.3) is 29.5 Å². The SMILES string of the molecule is COc1nc2cnc(N)c(C#Cc3cc(C(=O)Nc4ccc(CN5CCN(C)CC5)c(C(F)(F)F)c4)ccc3C)c2nc1OC.Cc1ccc(C(=O)Nc2ccc(CN3CCN(C)CC3)cn2)cc1C#Cc1c(N)ncc2ccc(Cl)cc12.Cc1cnc(C(=O)Nc2ccc(C#N)c(C(F)(F)F)c2)cc1C#Cc1c(N)ncc2ccc(Cl)cc12. The number of nitrogens with two attached hydrogens (primary N) is 3. The Morgan fingerprint density at radius 2 is 0.966 bits per heavy atom. The maximum absolute atomic E-state index is 14.0. The Hall–Kier alpha value is -13.5. The number of alkyl halides is 6. The average Bonchev–Trinajstić information content (AvgIpc) is 0.817. The minimum absolute atomic E-state index is 0.0419. The van der Waals surface area contributed by atoms with Crippen molar-refractivity contribution in [2.24, 2.45) is 0 Å². The first-order valence-electron chi connectivity index (χ1n) is 36.9. The molecule has 9 N–H and O–H groups in total. The number of pyridine rings is 5. The number of nitrogen functional groups attached to an aromatic ring is 3. The fraction of sp³-hybridized carbons (Fsp3) is 0.216. The number of rotatable bonds is 12. The number of anilines is 6. The van der Waals surface area contributed by atoms with Gasteiger partial charge in [-0.2, -0.15) is 31.6 Å². The van der Waals surface area contributed by atoms with Gasteiger partial charge in [-0.25, -0.2) is 29.9 Å². The van der Waals surface area contributed by atoms with Gasteiger partial charge >= 0.3 is 12.4 Å². The minimum atomic E-state index is -4.75. The van der Waals surface area contributed by atoms with Gasteiger partial charge in [-0.1, -0.05) is 95.1 Å². The molecule has 604 valence electrons. The van der Waals surface area contributed by atoms with E-state index in [1.807, 2.05) is 62.3 Å². The number of likely N-dealkylation sites (N-methyl/N-ethyl adjacent to an activating group) is 2. The van der Waals surface area contributed by atoms with Gasteiger partial charge in [0, 0.05) is 161 Å². The first-order chi connectivity index (χ1) is 56.9. The lowest BCUT2D eigenvalue weighted by Crippen LogP contribution is -2.44. The Morgan fingerprint density at radius 1 is 0.479 bits per heavy atom. The second-order valence-corrected chi connectivity index (χ2v) is 28.9. The molecule has 0 unspecified atom stereocenters. The largest absolute Gasteiger partial charge is 0.477 e. The topological polar surface area (TPSA) is 311 Å². The fourth-order valence-electron chi connectivity index (χ4n) is 12.7. The second kappa shape index (κ2) is 37.2. The van der Waals surface area contributed by atoms with E-state index in [1.165, 1.54) is 56.9 Å². The Bertz CT molecular complexity index is 6170. The predicted molar refractivity (Wildman–Crippen MR) is 448 cm³/mol. The van der Waals surface area contributed by atoms with Crippen molar-refractivity contribution >= 4 is 108 Å². The van der Waals surface area contributed by atoms with Crippen molar-refractivity contribution < 1.29 is 50.2 Å². The number of piperazine rings is 2. The molecular weight excluding hydrogens is 1570 g/mol. The van der Waals surface area contributed by atoms with Crippen LogP contribution in [-0.2, 0) is 25.4 Å². The van der Waals surface area contributed by atoms with E-state index < -0.39 is 40.9 Å². The lowest BCUT2D eigenvalue weighted by molar-refractivity contribution is -0.139. The zero-order chi connectivity index (χ0) is 85.0. The first-order valence-corrected chi connectivity index (χ1v) is 37.6. The van der Waals surface area contributed by atoms with Crippen molar-refractivity contribution in [1.29, 1.82) is 5.26 Å². The van der Waals surface area contributed by atoms with Crippen LogP contribution in [0, 0.1) is 67.6 Å². The normalized spacial score (nSPS) is 13.2. The monoisotopic (exact) mass is 1650 g/mol. The number of fused-ring (bicyclic) bond motifs is 3. The van der Waals surface area contributed by atoms with Crippen molar-refractivity contribution in [2.75, 3.05) is 114 Å². The van der Waals surface area contributed by atoms with Crippen molar-refractivity contribution in [2.45, 2.75) is 46.2 Å². The molecule has 0 aliphatic carbocycles. The van der Waals surface area contributed by atoms with E-state index in [1.54, 1.807) is 73.9 Å². The van der Waals surface area contributed by atoms with E-state index in [0.29, 0.717) is 96.2 Å². The van der Waals surface area contributed by atoms with Gasteiger partial charge in [-0.15, -0.1) is 0 Å². The lowest BCUT2D eigenvalue weighted by atomic mass is 10.0. The molecule has 31 heteroatoms. The molecule has 0 spiro atoms. The highest BCUT2D eigenvalue weighted by atomic mass is 35.5. The van der Waals surface area contributed by atoms with Crippen LogP contribution in [-0.4, -0.2) is 153 Å². The number of aromatic nitrogens is 7. The van der Waals surface area contributed by atoms with Crippen LogP contribution in [0.5, 0.6) is 11.8 Å². The Kier molecular flexibility index (Phi) is 26.5. The Labute approximate surface area is 690 Å². The molecule has 0 atom stereocenters. The molecule has 12 aromatic rings. The van der Waals surface area contributed by atoms with Crippen LogP contribution in [0.25, 0.3) is 32.6 Å². The summed E-state index contributed by atoms with van der Waals surface area (Å²) in [5, 5.41) is 21.2. The molecular formula is C88H76Cl2F6N18O5. The number of hydrogen-bond acceptors (Lipinski definition) is 20. The number of benzene rings is 6. The molecule has 0 saturated carbocycles. The fourth-order valence-corrected chi connectivity index (χ4v) is 13.1. The molecule has 2 aliphatic rings. The number of nitrogens with zero attached hydrogens (tertiary/aromatic N) is 12. The van der Waals surface area contributed by atoms with Crippen molar-refractivity contribution in [3.05, 3.63) is 263 Å². The molecule has 6 aromatic heterocycles. The number of methoxy groups -OCH3 is 2. The van der Waals surface area contributed by atoms with E-state index >= 15 is 0 Å². The highest BCUT2D eigenvalue weighted by Crippen LogP contribution is 2.37. The number of amides is 3. The van der Waals surface area contributed by atoms with Crippen LogP contribution < -0.4 is 42.6 Å². The smallest absolute Gasteiger partial charge is 0.417 e. The van der Waals surface area contributed by atoms with E-state index in [9.17, 15) is 40.7 Å².